The molecule has 0 aromatic heterocycles. The Bertz CT molecular complexity index is 1010. The van der Waals surface area contributed by atoms with Crippen LogP contribution < -0.4 is 14.8 Å². The number of anilines is 1. The number of likely N-dealkylation sites (N-methyl/N-ethyl adjacent to an activating group) is 1. The summed E-state index contributed by atoms with van der Waals surface area (Å²) in [6, 6.07) is 8.76. The summed E-state index contributed by atoms with van der Waals surface area (Å²) in [5.41, 5.74) is 2.87. The molecule has 1 heterocycles. The molecule has 2 aromatic carbocycles. The Hall–Kier alpha value is -2.58. The minimum Gasteiger partial charge on any atom is -0.486 e. The number of nitrogens with zero attached hydrogens (tertiary/aromatic N) is 1. The molecule has 7 nitrogen and oxygen atoms in total. The molecule has 0 unspecified atom stereocenters. The van der Waals surface area contributed by atoms with E-state index in [0.29, 0.717) is 41.5 Å². The third kappa shape index (κ3) is 4.54. The topological polar surface area (TPSA) is 84.9 Å². The maximum Gasteiger partial charge on any atom is 0.244 e. The zero-order chi connectivity index (χ0) is 21.2. The van der Waals surface area contributed by atoms with Crippen LogP contribution in [0, 0.1) is 20.8 Å². The fourth-order valence-corrected chi connectivity index (χ4v) is 5.37. The summed E-state index contributed by atoms with van der Waals surface area (Å²) in [6.07, 6.45) is 0. The Morgan fingerprint density at radius 2 is 1.66 bits per heavy atom. The third-order valence-electron chi connectivity index (χ3n) is 4.70. The van der Waals surface area contributed by atoms with Gasteiger partial charge in [-0.3, -0.25) is 4.79 Å². The van der Waals surface area contributed by atoms with Crippen LogP contribution in [0.25, 0.3) is 0 Å². The number of rotatable bonds is 6. The summed E-state index contributed by atoms with van der Waals surface area (Å²) in [7, 11) is -3.80. The summed E-state index contributed by atoms with van der Waals surface area (Å²) in [4.78, 5) is 12.8. The third-order valence-corrected chi connectivity index (χ3v) is 6.93. The van der Waals surface area contributed by atoms with Crippen molar-refractivity contribution in [2.24, 2.45) is 0 Å². The Labute approximate surface area is 171 Å². The summed E-state index contributed by atoms with van der Waals surface area (Å²) < 4.78 is 38.6. The predicted octanol–water partition coefficient (Wildman–Crippen LogP) is 3.03. The largest absolute Gasteiger partial charge is 0.486 e. The first kappa shape index (κ1) is 21.1. The molecule has 29 heavy (non-hydrogen) atoms. The number of fused-ring (bicyclic) bond motifs is 1. The molecule has 1 aliphatic heterocycles. The van der Waals surface area contributed by atoms with E-state index < -0.39 is 15.9 Å². The van der Waals surface area contributed by atoms with Crippen LogP contribution in [0.1, 0.15) is 23.6 Å². The van der Waals surface area contributed by atoms with Gasteiger partial charge in [0.1, 0.15) is 13.2 Å². The Morgan fingerprint density at radius 3 is 2.28 bits per heavy atom. The monoisotopic (exact) mass is 418 g/mol. The minimum atomic E-state index is -3.80. The molecule has 0 saturated heterocycles. The molecule has 0 radical (unpaired) electrons. The van der Waals surface area contributed by atoms with E-state index in [1.807, 2.05) is 19.1 Å². The average molecular weight is 419 g/mol. The minimum absolute atomic E-state index is 0.184. The molecule has 2 aromatic rings. The highest BCUT2D eigenvalue weighted by molar-refractivity contribution is 7.89. The fourth-order valence-electron chi connectivity index (χ4n) is 3.55. The number of hydrogen-bond donors (Lipinski definition) is 1. The number of amides is 1. The summed E-state index contributed by atoms with van der Waals surface area (Å²) in [5.74, 6) is 0.756. The highest BCUT2D eigenvalue weighted by Crippen LogP contribution is 2.32. The number of aryl methyl sites for hydroxylation is 3. The zero-order valence-corrected chi connectivity index (χ0v) is 17.9. The maximum atomic E-state index is 13.2. The van der Waals surface area contributed by atoms with Crippen LogP contribution in [0.2, 0.25) is 0 Å². The standard InChI is InChI=1S/C21H26N2O5S/c1-5-23(29(25,26)21-15(3)10-14(2)11-16(21)4)13-20(24)22-17-6-7-18-19(12-17)28-9-8-27-18/h6-7,10-12H,5,8-9,13H2,1-4H3,(H,22,24). The van der Waals surface area contributed by atoms with Gasteiger partial charge in [0.2, 0.25) is 15.9 Å². The van der Waals surface area contributed by atoms with Gasteiger partial charge in [-0.15, -0.1) is 0 Å². The number of ether oxygens (including phenoxy) is 2. The summed E-state index contributed by atoms with van der Waals surface area (Å²) in [6.45, 7) is 8.03. The van der Waals surface area contributed by atoms with Crippen LogP contribution in [0.15, 0.2) is 35.2 Å². The highest BCUT2D eigenvalue weighted by atomic mass is 32.2. The van der Waals surface area contributed by atoms with Crippen molar-refractivity contribution in [3.8, 4) is 11.5 Å². The van der Waals surface area contributed by atoms with E-state index in [1.165, 1.54) is 4.31 Å². The van der Waals surface area contributed by atoms with Gasteiger partial charge in [-0.1, -0.05) is 24.6 Å². The van der Waals surface area contributed by atoms with Gasteiger partial charge >= 0.3 is 0 Å². The van der Waals surface area contributed by atoms with E-state index in [0.717, 1.165) is 5.56 Å². The first-order valence-corrected chi connectivity index (χ1v) is 10.9. The van der Waals surface area contributed by atoms with E-state index in [1.54, 1.807) is 39.0 Å². The van der Waals surface area contributed by atoms with Gasteiger partial charge in [-0.2, -0.15) is 4.31 Å². The van der Waals surface area contributed by atoms with Crippen LogP contribution in [-0.2, 0) is 14.8 Å². The molecule has 156 valence electrons. The van der Waals surface area contributed by atoms with E-state index >= 15 is 0 Å². The van der Waals surface area contributed by atoms with Gasteiger partial charge in [-0.25, -0.2) is 8.42 Å². The molecule has 1 amide bonds. The quantitative estimate of drug-likeness (QED) is 0.779. The Balaban J connectivity index is 1.78. The molecule has 0 saturated carbocycles. The molecule has 0 fully saturated rings. The Kier molecular flexibility index (Phi) is 6.14. The molecule has 0 aliphatic carbocycles. The SMILES string of the molecule is CCN(CC(=O)Nc1ccc2c(c1)OCCO2)S(=O)(=O)c1c(C)cc(C)cc1C. The molecule has 8 heteroatoms. The summed E-state index contributed by atoms with van der Waals surface area (Å²) in [5, 5.41) is 2.74. The van der Waals surface area contributed by atoms with E-state index in [9.17, 15) is 13.2 Å². The second-order valence-corrected chi connectivity index (χ2v) is 8.94. The molecule has 0 atom stereocenters. The van der Waals surface area contributed by atoms with Gasteiger partial charge < -0.3 is 14.8 Å². The van der Waals surface area contributed by atoms with Crippen molar-refractivity contribution in [2.75, 3.05) is 31.6 Å². The molecule has 3 rings (SSSR count). The fraction of sp³-hybridized carbons (Fsp3) is 0.381. The second-order valence-electron chi connectivity index (χ2n) is 7.07. The van der Waals surface area contributed by atoms with E-state index in [2.05, 4.69) is 5.32 Å². The maximum absolute atomic E-state index is 13.2. The first-order valence-electron chi connectivity index (χ1n) is 9.50. The number of benzene rings is 2. The lowest BCUT2D eigenvalue weighted by atomic mass is 10.1. The number of nitrogens with one attached hydrogen (secondary N) is 1. The normalized spacial score (nSPS) is 13.4. The van der Waals surface area contributed by atoms with Crippen LogP contribution in [0.5, 0.6) is 11.5 Å². The number of carbonyl (C=O) groups is 1. The number of carbonyl (C=O) groups excluding carboxylic acids is 1. The van der Waals surface area contributed by atoms with Crippen LogP contribution in [-0.4, -0.2) is 44.9 Å². The zero-order valence-electron chi connectivity index (χ0n) is 17.1. The van der Waals surface area contributed by atoms with Crippen molar-refractivity contribution < 1.29 is 22.7 Å². The van der Waals surface area contributed by atoms with Gasteiger partial charge in [0.25, 0.3) is 0 Å². The van der Waals surface area contributed by atoms with Crippen LogP contribution in [0.3, 0.4) is 0 Å². The van der Waals surface area contributed by atoms with E-state index in [4.69, 9.17) is 9.47 Å². The molecule has 1 N–H and O–H groups in total. The molecular formula is C21H26N2O5S. The summed E-state index contributed by atoms with van der Waals surface area (Å²) >= 11 is 0. The Morgan fingerprint density at radius 1 is 1.03 bits per heavy atom. The van der Waals surface area contributed by atoms with Crippen LogP contribution in [0.4, 0.5) is 5.69 Å². The first-order chi connectivity index (χ1) is 13.7. The van der Waals surface area contributed by atoms with Gasteiger partial charge in [0, 0.05) is 18.3 Å². The van der Waals surface area contributed by atoms with Crippen LogP contribution >= 0.6 is 0 Å². The highest BCUT2D eigenvalue weighted by Gasteiger charge is 2.28. The van der Waals surface area contributed by atoms with Gasteiger partial charge in [-0.05, 0) is 44.0 Å². The van der Waals surface area contributed by atoms with Crippen molar-refractivity contribution in [2.45, 2.75) is 32.6 Å². The second kappa shape index (κ2) is 8.42. The number of sulfonamides is 1. The van der Waals surface area contributed by atoms with Gasteiger partial charge in [0.15, 0.2) is 11.5 Å². The predicted molar refractivity (Wildman–Crippen MR) is 111 cm³/mol. The van der Waals surface area contributed by atoms with Crippen molar-refractivity contribution >= 4 is 21.6 Å². The van der Waals surface area contributed by atoms with Crippen molar-refractivity contribution in [3.05, 3.63) is 47.0 Å². The van der Waals surface area contributed by atoms with Crippen molar-refractivity contribution in [1.82, 2.24) is 4.31 Å². The lowest BCUT2D eigenvalue weighted by Crippen LogP contribution is -2.38. The lowest BCUT2D eigenvalue weighted by molar-refractivity contribution is -0.116. The molecule has 0 bridgehead atoms. The number of hydrogen-bond acceptors (Lipinski definition) is 5. The molecule has 1 aliphatic rings. The lowest BCUT2D eigenvalue weighted by Gasteiger charge is -2.23. The van der Waals surface area contributed by atoms with Crippen molar-refractivity contribution in [1.29, 1.82) is 0 Å². The molecule has 0 spiro atoms. The molecular weight excluding hydrogens is 392 g/mol. The van der Waals surface area contributed by atoms with Crippen molar-refractivity contribution in [3.63, 3.8) is 0 Å². The average Bonchev–Trinajstić information content (AvgIpc) is 2.64. The van der Waals surface area contributed by atoms with Gasteiger partial charge in [0.05, 0.1) is 11.4 Å². The smallest absolute Gasteiger partial charge is 0.244 e. The van der Waals surface area contributed by atoms with E-state index in [-0.39, 0.29) is 18.0 Å².